The largest absolute Gasteiger partial charge is 0.478 e. The molecule has 0 atom stereocenters. The molecule has 110 valence electrons. The fourth-order valence-electron chi connectivity index (χ4n) is 1.89. The molecule has 0 aliphatic carbocycles. The van der Waals surface area contributed by atoms with E-state index in [0.29, 0.717) is 17.9 Å². The molecule has 0 saturated carbocycles. The Bertz CT molecular complexity index is 677. The molecule has 2 N–H and O–H groups in total. The molecule has 2 rings (SSSR count). The van der Waals surface area contributed by atoms with Gasteiger partial charge in [-0.1, -0.05) is 24.9 Å². The van der Waals surface area contributed by atoms with Crippen LogP contribution in [0.5, 0.6) is 0 Å². The Morgan fingerprint density at radius 1 is 1.38 bits per heavy atom. The van der Waals surface area contributed by atoms with E-state index in [1.54, 1.807) is 6.07 Å². The quantitative estimate of drug-likeness (QED) is 0.866. The Hall–Kier alpha value is -2.14. The summed E-state index contributed by atoms with van der Waals surface area (Å²) in [4.78, 5) is 15.4. The number of hydrogen-bond acceptors (Lipinski definition) is 3. The number of carboxylic acid groups (broad SMARTS) is 1. The van der Waals surface area contributed by atoms with Crippen molar-refractivity contribution in [3.05, 3.63) is 52.4 Å². The predicted molar refractivity (Wildman–Crippen MR) is 79.9 cm³/mol. The third kappa shape index (κ3) is 3.92. The number of rotatable bonds is 5. The van der Waals surface area contributed by atoms with E-state index in [0.717, 1.165) is 6.42 Å². The molecule has 1 heterocycles. The lowest BCUT2D eigenvalue weighted by molar-refractivity contribution is 0.0696. The van der Waals surface area contributed by atoms with Crippen molar-refractivity contribution in [1.29, 1.82) is 0 Å². The number of anilines is 2. The standard InChI is InChI=1S/C15H14ClFN2O2/c1-2-3-11-6-9(15(20)21)7-14(18-11)19-13-5-4-10(16)8-12(13)17/h4-8H,2-3H2,1H3,(H,18,19)(H,20,21). The first-order chi connectivity index (χ1) is 9.99. The number of carboxylic acids is 1. The summed E-state index contributed by atoms with van der Waals surface area (Å²) < 4.78 is 13.8. The van der Waals surface area contributed by atoms with Gasteiger partial charge in [-0.25, -0.2) is 14.2 Å². The Morgan fingerprint density at radius 3 is 2.76 bits per heavy atom. The van der Waals surface area contributed by atoms with Crippen LogP contribution in [0.15, 0.2) is 30.3 Å². The number of benzene rings is 1. The van der Waals surface area contributed by atoms with E-state index < -0.39 is 11.8 Å². The SMILES string of the molecule is CCCc1cc(C(=O)O)cc(Nc2ccc(Cl)cc2F)n1. The van der Waals surface area contributed by atoms with Gasteiger partial charge in [0, 0.05) is 10.7 Å². The van der Waals surface area contributed by atoms with E-state index in [-0.39, 0.29) is 16.3 Å². The van der Waals surface area contributed by atoms with Crippen LogP contribution in [0.3, 0.4) is 0 Å². The van der Waals surface area contributed by atoms with Crippen molar-refractivity contribution in [2.45, 2.75) is 19.8 Å². The van der Waals surface area contributed by atoms with Gasteiger partial charge < -0.3 is 10.4 Å². The van der Waals surface area contributed by atoms with Gasteiger partial charge in [-0.3, -0.25) is 0 Å². The lowest BCUT2D eigenvalue weighted by Crippen LogP contribution is -2.04. The van der Waals surface area contributed by atoms with Gasteiger partial charge in [-0.05, 0) is 36.8 Å². The third-order valence-corrected chi connectivity index (χ3v) is 3.06. The average molecular weight is 309 g/mol. The number of aromatic nitrogens is 1. The minimum atomic E-state index is -1.05. The second-order valence-corrected chi connectivity index (χ2v) is 4.97. The number of aryl methyl sites for hydroxylation is 1. The van der Waals surface area contributed by atoms with Crippen molar-refractivity contribution in [1.82, 2.24) is 4.98 Å². The molecule has 1 aromatic carbocycles. The highest BCUT2D eigenvalue weighted by Crippen LogP contribution is 2.23. The highest BCUT2D eigenvalue weighted by molar-refractivity contribution is 6.30. The van der Waals surface area contributed by atoms with Gasteiger partial charge in [-0.2, -0.15) is 0 Å². The topological polar surface area (TPSA) is 62.2 Å². The molecular weight excluding hydrogens is 295 g/mol. The van der Waals surface area contributed by atoms with E-state index >= 15 is 0 Å². The van der Waals surface area contributed by atoms with Crippen LogP contribution in [0.25, 0.3) is 0 Å². The number of halogens is 2. The number of pyridine rings is 1. The van der Waals surface area contributed by atoms with Crippen molar-refractivity contribution >= 4 is 29.1 Å². The summed E-state index contributed by atoms with van der Waals surface area (Å²) in [5.41, 5.74) is 0.955. The Labute approximate surface area is 126 Å². The summed E-state index contributed by atoms with van der Waals surface area (Å²) in [6, 6.07) is 7.09. The van der Waals surface area contributed by atoms with Gasteiger partial charge in [0.05, 0.1) is 11.3 Å². The highest BCUT2D eigenvalue weighted by Gasteiger charge is 2.10. The van der Waals surface area contributed by atoms with E-state index in [2.05, 4.69) is 10.3 Å². The normalized spacial score (nSPS) is 10.4. The van der Waals surface area contributed by atoms with Gasteiger partial charge in [0.1, 0.15) is 11.6 Å². The zero-order valence-electron chi connectivity index (χ0n) is 11.4. The maximum atomic E-state index is 13.8. The zero-order chi connectivity index (χ0) is 15.4. The summed E-state index contributed by atoms with van der Waals surface area (Å²) in [6.45, 7) is 1.97. The lowest BCUT2D eigenvalue weighted by Gasteiger charge is -2.10. The predicted octanol–water partition coefficient (Wildman–Crippen LogP) is 4.27. The van der Waals surface area contributed by atoms with Gasteiger partial charge >= 0.3 is 5.97 Å². The first-order valence-electron chi connectivity index (χ1n) is 6.46. The molecule has 6 heteroatoms. The third-order valence-electron chi connectivity index (χ3n) is 2.83. The summed E-state index contributed by atoms with van der Waals surface area (Å²) in [5.74, 6) is -1.28. The maximum absolute atomic E-state index is 13.8. The summed E-state index contributed by atoms with van der Waals surface area (Å²) >= 11 is 5.69. The van der Waals surface area contributed by atoms with E-state index in [4.69, 9.17) is 16.7 Å². The van der Waals surface area contributed by atoms with Crippen molar-refractivity contribution in [3.63, 3.8) is 0 Å². The first-order valence-corrected chi connectivity index (χ1v) is 6.83. The molecule has 4 nitrogen and oxygen atoms in total. The number of carbonyl (C=O) groups is 1. The molecule has 21 heavy (non-hydrogen) atoms. The lowest BCUT2D eigenvalue weighted by atomic mass is 10.1. The Balaban J connectivity index is 2.36. The van der Waals surface area contributed by atoms with E-state index in [1.807, 2.05) is 6.92 Å². The van der Waals surface area contributed by atoms with Crippen molar-refractivity contribution < 1.29 is 14.3 Å². The van der Waals surface area contributed by atoms with Crippen LogP contribution >= 0.6 is 11.6 Å². The van der Waals surface area contributed by atoms with Crippen LogP contribution in [-0.4, -0.2) is 16.1 Å². The van der Waals surface area contributed by atoms with Crippen LogP contribution in [0.1, 0.15) is 29.4 Å². The summed E-state index contributed by atoms with van der Waals surface area (Å²) in [7, 11) is 0. The van der Waals surface area contributed by atoms with Crippen molar-refractivity contribution in [2.75, 3.05) is 5.32 Å². The molecule has 0 spiro atoms. The van der Waals surface area contributed by atoms with Crippen LogP contribution in [0.2, 0.25) is 5.02 Å². The summed E-state index contributed by atoms with van der Waals surface area (Å²) in [5, 5.41) is 12.2. The second-order valence-electron chi connectivity index (χ2n) is 4.54. The zero-order valence-corrected chi connectivity index (χ0v) is 12.1. The molecule has 0 amide bonds. The molecule has 0 saturated heterocycles. The van der Waals surface area contributed by atoms with Gasteiger partial charge in [0.15, 0.2) is 0 Å². The Morgan fingerprint density at radius 2 is 2.14 bits per heavy atom. The number of nitrogens with zero attached hydrogens (tertiary/aromatic N) is 1. The minimum Gasteiger partial charge on any atom is -0.478 e. The first kappa shape index (κ1) is 15.3. The number of nitrogens with one attached hydrogen (secondary N) is 1. The molecule has 0 bridgehead atoms. The Kier molecular flexibility index (Phi) is 4.75. The van der Waals surface area contributed by atoms with Crippen LogP contribution in [0.4, 0.5) is 15.9 Å². The van der Waals surface area contributed by atoms with E-state index in [9.17, 15) is 9.18 Å². The number of aromatic carboxylic acids is 1. The second kappa shape index (κ2) is 6.54. The van der Waals surface area contributed by atoms with Crippen molar-refractivity contribution in [3.8, 4) is 0 Å². The van der Waals surface area contributed by atoms with Crippen LogP contribution in [0, 0.1) is 5.82 Å². The molecule has 2 aromatic rings. The molecule has 0 aliphatic rings. The van der Waals surface area contributed by atoms with Crippen molar-refractivity contribution in [2.24, 2.45) is 0 Å². The van der Waals surface area contributed by atoms with Gasteiger partial charge in [0.2, 0.25) is 0 Å². The molecule has 0 aliphatic heterocycles. The molecule has 0 unspecified atom stereocenters. The van der Waals surface area contributed by atoms with E-state index in [1.165, 1.54) is 24.3 Å². The molecule has 0 fully saturated rings. The summed E-state index contributed by atoms with van der Waals surface area (Å²) in [6.07, 6.45) is 1.49. The molecule has 0 radical (unpaired) electrons. The monoisotopic (exact) mass is 308 g/mol. The van der Waals surface area contributed by atoms with Crippen LogP contribution < -0.4 is 5.32 Å². The molecule has 1 aromatic heterocycles. The fraction of sp³-hybridized carbons (Fsp3) is 0.200. The van der Waals surface area contributed by atoms with Gasteiger partial charge in [-0.15, -0.1) is 0 Å². The van der Waals surface area contributed by atoms with Crippen LogP contribution in [-0.2, 0) is 6.42 Å². The minimum absolute atomic E-state index is 0.116. The fourth-order valence-corrected chi connectivity index (χ4v) is 2.05. The maximum Gasteiger partial charge on any atom is 0.335 e. The van der Waals surface area contributed by atoms with Gasteiger partial charge in [0.25, 0.3) is 0 Å². The average Bonchev–Trinajstić information content (AvgIpc) is 2.42. The number of hydrogen-bond donors (Lipinski definition) is 2. The smallest absolute Gasteiger partial charge is 0.335 e. The molecular formula is C15H14ClFN2O2. The highest BCUT2D eigenvalue weighted by atomic mass is 35.5.